The van der Waals surface area contributed by atoms with E-state index in [0.29, 0.717) is 0 Å². The Hall–Kier alpha value is 0. The summed E-state index contributed by atoms with van der Waals surface area (Å²) in [4.78, 5) is 9.84. The first kappa shape index (κ1) is 6.00. The number of carbonyl (C=O) groups excluding carboxylic acids is 1. The maximum atomic E-state index is 9.84. The summed E-state index contributed by atoms with van der Waals surface area (Å²) in [5, 5.41) is 3.19. The maximum absolute atomic E-state index is 9.84. The Morgan fingerprint density at radius 2 is 2.33 bits per heavy atom. The predicted octanol–water partition coefficient (Wildman–Crippen LogP) is 0.295. The second-order valence-electron chi connectivity index (χ2n) is 0.591. The van der Waals surface area contributed by atoms with Crippen LogP contribution in [0.5, 0.6) is 0 Å². The van der Waals surface area contributed by atoms with Crippen LogP contribution < -0.4 is 8.85 Å². The molecule has 0 rings (SSSR count). The Bertz CT molecular complexity index is 49.5. The molecule has 0 saturated carbocycles. The molecule has 0 saturated heterocycles. The van der Waals surface area contributed by atoms with Crippen LogP contribution in [0.3, 0.4) is 0 Å². The minimum atomic E-state index is -0.421. The number of rotatable bonds is 0. The van der Waals surface area contributed by atoms with Crippen molar-refractivity contribution in [1.82, 2.24) is 8.85 Å². The second kappa shape index (κ2) is 3.20. The summed E-state index contributed by atoms with van der Waals surface area (Å²) in [6, 6.07) is -0.421. The highest BCUT2D eigenvalue weighted by Gasteiger charge is 1.90. The zero-order chi connectivity index (χ0) is 4.99. The monoisotopic (exact) mass is 198 g/mol. The van der Waals surface area contributed by atoms with Crippen molar-refractivity contribution in [3.63, 3.8) is 0 Å². The standard InChI is InChI=1S/C2H3IN2O/c1-4-2(6)5-3/h1H3. The van der Waals surface area contributed by atoms with Gasteiger partial charge in [-0.3, -0.25) is 0 Å². The maximum Gasteiger partial charge on any atom is 0.367 e. The quantitative estimate of drug-likeness (QED) is 0.516. The van der Waals surface area contributed by atoms with Gasteiger partial charge in [0, 0.05) is 7.05 Å². The highest BCUT2D eigenvalue weighted by molar-refractivity contribution is 14.1. The zero-order valence-electron chi connectivity index (χ0n) is 3.18. The van der Waals surface area contributed by atoms with Crippen LogP contribution in [0.4, 0.5) is 4.79 Å². The number of urea groups is 1. The summed E-state index contributed by atoms with van der Waals surface area (Å²) in [6.07, 6.45) is 0. The van der Waals surface area contributed by atoms with Gasteiger partial charge in [0.1, 0.15) is 0 Å². The van der Waals surface area contributed by atoms with Crippen molar-refractivity contribution in [3.05, 3.63) is 0 Å². The van der Waals surface area contributed by atoms with Crippen LogP contribution in [0.2, 0.25) is 0 Å². The van der Waals surface area contributed by atoms with E-state index in [1.807, 2.05) is 0 Å². The fourth-order valence-electron chi connectivity index (χ4n) is 0.0378. The van der Waals surface area contributed by atoms with Gasteiger partial charge in [0.15, 0.2) is 0 Å². The molecule has 0 aromatic heterocycles. The Balaban J connectivity index is 2.99. The molecule has 0 bridgehead atoms. The molecule has 0 unspecified atom stereocenters. The fourth-order valence-corrected chi connectivity index (χ4v) is 0.254. The number of hydrogen-bond donors (Lipinski definition) is 0. The Morgan fingerprint density at radius 3 is 2.33 bits per heavy atom. The number of carbonyl (C=O) groups is 1. The van der Waals surface area contributed by atoms with E-state index in [1.54, 1.807) is 22.9 Å². The van der Waals surface area contributed by atoms with Gasteiger partial charge in [-0.25, -0.2) is 10.1 Å². The fraction of sp³-hybridized carbons (Fsp3) is 0.500. The summed E-state index contributed by atoms with van der Waals surface area (Å²) < 4.78 is 3.17. The van der Waals surface area contributed by atoms with E-state index in [9.17, 15) is 4.79 Å². The Morgan fingerprint density at radius 1 is 1.83 bits per heavy atom. The molecule has 0 aliphatic heterocycles. The van der Waals surface area contributed by atoms with Gasteiger partial charge in [-0.2, -0.15) is 3.53 Å². The van der Waals surface area contributed by atoms with Gasteiger partial charge in [-0.15, -0.1) is 0 Å². The predicted molar refractivity (Wildman–Crippen MR) is 29.6 cm³/mol. The SMILES string of the molecule is C[N]C(=O)[N]I. The molecule has 2 radical (unpaired) electrons. The van der Waals surface area contributed by atoms with Crippen LogP contribution in [0, 0.1) is 0 Å². The molecule has 0 fully saturated rings. The van der Waals surface area contributed by atoms with E-state index in [-0.39, 0.29) is 0 Å². The first-order valence-electron chi connectivity index (χ1n) is 1.27. The normalized spacial score (nSPS) is 7.00. The largest absolute Gasteiger partial charge is 0.367 e. The summed E-state index contributed by atoms with van der Waals surface area (Å²) >= 11 is 1.60. The minimum absolute atomic E-state index is 0.421. The highest BCUT2D eigenvalue weighted by Crippen LogP contribution is 1.72. The lowest BCUT2D eigenvalue weighted by Gasteiger charge is -1.81. The molecule has 2 amide bonds. The average molecular weight is 198 g/mol. The van der Waals surface area contributed by atoms with Crippen molar-refractivity contribution >= 4 is 28.9 Å². The van der Waals surface area contributed by atoms with Crippen molar-refractivity contribution < 1.29 is 4.79 Å². The molecule has 0 N–H and O–H groups in total. The Kier molecular flexibility index (Phi) is 3.20. The molecule has 0 heterocycles. The van der Waals surface area contributed by atoms with Gasteiger partial charge in [-0.05, 0) is 0 Å². The lowest BCUT2D eigenvalue weighted by molar-refractivity contribution is 0.248. The molecule has 0 spiro atoms. The smallest absolute Gasteiger partial charge is 0.244 e. The van der Waals surface area contributed by atoms with E-state index in [4.69, 9.17) is 0 Å². The molecule has 0 aliphatic carbocycles. The number of hydrogen-bond acceptors (Lipinski definition) is 1. The van der Waals surface area contributed by atoms with Crippen LogP contribution in [0.1, 0.15) is 0 Å². The molecule has 0 aromatic rings. The minimum Gasteiger partial charge on any atom is -0.244 e. The van der Waals surface area contributed by atoms with E-state index in [2.05, 4.69) is 8.85 Å². The van der Waals surface area contributed by atoms with E-state index in [1.165, 1.54) is 7.05 Å². The molecule has 34 valence electrons. The van der Waals surface area contributed by atoms with Crippen molar-refractivity contribution in [2.24, 2.45) is 0 Å². The van der Waals surface area contributed by atoms with Gasteiger partial charge in [0.25, 0.3) is 0 Å². The molecular weight excluding hydrogens is 195 g/mol. The van der Waals surface area contributed by atoms with E-state index in [0.717, 1.165) is 0 Å². The van der Waals surface area contributed by atoms with Crippen LogP contribution in [0.25, 0.3) is 0 Å². The molecular formula is C2H3IN2O. The lowest BCUT2D eigenvalue weighted by atomic mass is 11.1. The van der Waals surface area contributed by atoms with Gasteiger partial charge < -0.3 is 0 Å². The van der Waals surface area contributed by atoms with Gasteiger partial charge in [0.05, 0.1) is 22.9 Å². The number of amides is 2. The average Bonchev–Trinajstić information content (AvgIpc) is 1.65. The summed E-state index contributed by atoms with van der Waals surface area (Å²) in [6.45, 7) is 0. The highest BCUT2D eigenvalue weighted by atomic mass is 127. The topological polar surface area (TPSA) is 45.3 Å². The van der Waals surface area contributed by atoms with Crippen molar-refractivity contribution in [2.45, 2.75) is 0 Å². The van der Waals surface area contributed by atoms with Crippen LogP contribution >= 0.6 is 22.9 Å². The van der Waals surface area contributed by atoms with Crippen molar-refractivity contribution in [2.75, 3.05) is 7.05 Å². The Labute approximate surface area is 50.0 Å². The van der Waals surface area contributed by atoms with Crippen LogP contribution in [-0.2, 0) is 0 Å². The molecule has 4 heteroatoms. The van der Waals surface area contributed by atoms with Gasteiger partial charge in [-0.1, -0.05) is 0 Å². The van der Waals surface area contributed by atoms with Crippen LogP contribution in [0.15, 0.2) is 0 Å². The third kappa shape index (κ3) is 2.25. The number of nitrogens with zero attached hydrogens (tertiary/aromatic N) is 2. The lowest BCUT2D eigenvalue weighted by Crippen LogP contribution is -2.12. The molecule has 6 heavy (non-hydrogen) atoms. The third-order valence-electron chi connectivity index (χ3n) is 0.264. The zero-order valence-corrected chi connectivity index (χ0v) is 5.34. The van der Waals surface area contributed by atoms with Crippen molar-refractivity contribution in [3.8, 4) is 0 Å². The molecule has 0 aromatic carbocycles. The van der Waals surface area contributed by atoms with E-state index < -0.39 is 6.03 Å². The first-order valence-corrected chi connectivity index (χ1v) is 2.23. The first-order chi connectivity index (χ1) is 2.81. The molecule has 3 nitrogen and oxygen atoms in total. The molecule has 0 aliphatic rings. The van der Waals surface area contributed by atoms with Crippen LogP contribution in [-0.4, -0.2) is 13.1 Å². The summed E-state index contributed by atoms with van der Waals surface area (Å²) in [5.74, 6) is 0. The van der Waals surface area contributed by atoms with Crippen molar-refractivity contribution in [1.29, 1.82) is 0 Å². The summed E-state index contributed by atoms with van der Waals surface area (Å²) in [5.41, 5.74) is 0. The van der Waals surface area contributed by atoms with Gasteiger partial charge >= 0.3 is 6.03 Å². The number of halogens is 1. The summed E-state index contributed by atoms with van der Waals surface area (Å²) in [7, 11) is 1.41. The van der Waals surface area contributed by atoms with Gasteiger partial charge in [0.2, 0.25) is 0 Å². The molecule has 0 atom stereocenters. The second-order valence-corrected chi connectivity index (χ2v) is 1.07. The van der Waals surface area contributed by atoms with E-state index >= 15 is 0 Å². The third-order valence-corrected chi connectivity index (χ3v) is 0.676.